The topological polar surface area (TPSA) is 84.8 Å². The Hall–Kier alpha value is -2.50. The first kappa shape index (κ1) is 15.4. The van der Waals surface area contributed by atoms with Crippen LogP contribution in [0.4, 0.5) is 0 Å². The fourth-order valence-electron chi connectivity index (χ4n) is 2.83. The van der Waals surface area contributed by atoms with Crippen LogP contribution in [0.15, 0.2) is 23.3 Å². The van der Waals surface area contributed by atoms with E-state index in [2.05, 4.69) is 10.5 Å². The van der Waals surface area contributed by atoms with Crippen LogP contribution < -0.4 is 5.43 Å². The van der Waals surface area contributed by atoms with Gasteiger partial charge in [0.2, 0.25) is 5.91 Å². The van der Waals surface area contributed by atoms with E-state index in [4.69, 9.17) is 4.74 Å². The zero-order valence-electron chi connectivity index (χ0n) is 12.8. The largest absolute Gasteiger partial charge is 0.453 e. The maximum atomic E-state index is 12.2. The minimum atomic E-state index is -0.656. The average Bonchev–Trinajstić information content (AvgIpc) is 2.59. The third kappa shape index (κ3) is 3.64. The number of fused-ring (bicyclic) bond motifs is 1. The first-order chi connectivity index (χ1) is 11.1. The smallest absolute Gasteiger partial charge is 0.354 e. The Labute approximate surface area is 133 Å². The quantitative estimate of drug-likeness (QED) is 0.675. The highest BCUT2D eigenvalue weighted by atomic mass is 16.5. The van der Waals surface area contributed by atoms with E-state index >= 15 is 0 Å². The van der Waals surface area contributed by atoms with Gasteiger partial charge in [-0.1, -0.05) is 12.1 Å². The van der Waals surface area contributed by atoms with Crippen LogP contribution in [-0.4, -0.2) is 30.0 Å². The highest BCUT2D eigenvalue weighted by molar-refractivity contribution is 6.37. The first-order valence-corrected chi connectivity index (χ1v) is 7.81. The molecule has 1 amide bonds. The van der Waals surface area contributed by atoms with Gasteiger partial charge in [0.05, 0.1) is 0 Å². The lowest BCUT2D eigenvalue weighted by molar-refractivity contribution is -0.134. The molecular formula is C17H18N2O4. The van der Waals surface area contributed by atoms with Crippen molar-refractivity contribution in [2.24, 2.45) is 5.10 Å². The molecule has 6 heteroatoms. The van der Waals surface area contributed by atoms with Gasteiger partial charge in [0.25, 0.3) is 0 Å². The molecule has 0 saturated heterocycles. The number of carbonyl (C=O) groups excluding carboxylic acids is 3. The molecule has 6 nitrogen and oxygen atoms in total. The Morgan fingerprint density at radius 1 is 1.09 bits per heavy atom. The molecule has 1 aliphatic heterocycles. The van der Waals surface area contributed by atoms with Crippen LogP contribution >= 0.6 is 0 Å². The molecule has 1 aromatic rings. The molecule has 1 N–H and O–H groups in total. The van der Waals surface area contributed by atoms with Gasteiger partial charge in [-0.2, -0.15) is 5.10 Å². The number of hydrogen-bond donors (Lipinski definition) is 1. The highest BCUT2D eigenvalue weighted by Gasteiger charge is 2.21. The number of benzene rings is 1. The fraction of sp³-hybridized carbons (Fsp3) is 0.412. The third-order valence-electron chi connectivity index (χ3n) is 4.14. The minimum Gasteiger partial charge on any atom is -0.453 e. The minimum absolute atomic E-state index is 0.142. The van der Waals surface area contributed by atoms with Crippen LogP contribution in [0.3, 0.4) is 0 Å². The molecule has 0 fully saturated rings. The average molecular weight is 314 g/mol. The molecule has 0 bridgehead atoms. The Morgan fingerprint density at radius 2 is 1.87 bits per heavy atom. The number of aryl methyl sites for hydroxylation is 2. The molecule has 0 radical (unpaired) electrons. The van der Waals surface area contributed by atoms with E-state index < -0.39 is 5.97 Å². The van der Waals surface area contributed by atoms with Crippen molar-refractivity contribution < 1.29 is 19.1 Å². The van der Waals surface area contributed by atoms with E-state index in [1.165, 1.54) is 17.5 Å². The number of carbonyl (C=O) groups is 3. The predicted octanol–water partition coefficient (Wildman–Crippen LogP) is 1.56. The van der Waals surface area contributed by atoms with Gasteiger partial charge in [0.1, 0.15) is 5.71 Å². The predicted molar refractivity (Wildman–Crippen MR) is 83.2 cm³/mol. The number of amides is 1. The second-order valence-corrected chi connectivity index (χ2v) is 5.78. The summed E-state index contributed by atoms with van der Waals surface area (Å²) in [7, 11) is 0. The summed E-state index contributed by atoms with van der Waals surface area (Å²) in [5.41, 5.74) is 5.46. The number of nitrogens with zero attached hydrogens (tertiary/aromatic N) is 1. The molecule has 120 valence electrons. The van der Waals surface area contributed by atoms with Crippen molar-refractivity contribution in [1.82, 2.24) is 5.43 Å². The molecule has 0 spiro atoms. The van der Waals surface area contributed by atoms with Crippen LogP contribution in [0, 0.1) is 0 Å². The number of nitrogens with one attached hydrogen (secondary N) is 1. The lowest BCUT2D eigenvalue weighted by Crippen LogP contribution is -2.31. The van der Waals surface area contributed by atoms with Crippen LogP contribution in [0.1, 0.15) is 47.2 Å². The van der Waals surface area contributed by atoms with E-state index in [-0.39, 0.29) is 36.9 Å². The van der Waals surface area contributed by atoms with Gasteiger partial charge in [-0.3, -0.25) is 9.59 Å². The highest BCUT2D eigenvalue weighted by Crippen LogP contribution is 2.22. The fourth-order valence-corrected chi connectivity index (χ4v) is 2.83. The first-order valence-electron chi connectivity index (χ1n) is 7.81. The van der Waals surface area contributed by atoms with Gasteiger partial charge in [-0.05, 0) is 42.9 Å². The van der Waals surface area contributed by atoms with Crippen LogP contribution in [0.5, 0.6) is 0 Å². The molecule has 3 rings (SSSR count). The van der Waals surface area contributed by atoms with Crippen LogP contribution in [-0.2, 0) is 27.2 Å². The van der Waals surface area contributed by atoms with Crippen molar-refractivity contribution in [3.05, 3.63) is 34.9 Å². The number of rotatable bonds is 4. The summed E-state index contributed by atoms with van der Waals surface area (Å²) in [6, 6.07) is 5.69. The van der Waals surface area contributed by atoms with Crippen molar-refractivity contribution in [3.63, 3.8) is 0 Å². The summed E-state index contributed by atoms with van der Waals surface area (Å²) in [5, 5.41) is 3.65. The SMILES string of the molecule is O=C1CCC(C(=O)OCC(=O)c2ccc3c(c2)CCCC3)=NN1. The second kappa shape index (κ2) is 6.73. The number of Topliss-reactive ketones (excluding diaryl/α,β-unsaturated/α-hetero) is 1. The molecule has 0 saturated carbocycles. The van der Waals surface area contributed by atoms with Crippen molar-refractivity contribution in [2.75, 3.05) is 6.61 Å². The van der Waals surface area contributed by atoms with Crippen molar-refractivity contribution in [2.45, 2.75) is 38.5 Å². The van der Waals surface area contributed by atoms with Crippen molar-refractivity contribution in [1.29, 1.82) is 0 Å². The van der Waals surface area contributed by atoms with Crippen molar-refractivity contribution >= 4 is 23.4 Å². The molecule has 1 aliphatic carbocycles. The Bertz CT molecular complexity index is 694. The van der Waals surface area contributed by atoms with E-state index in [0.29, 0.717) is 5.56 Å². The standard InChI is InChI=1S/C17H18N2O4/c20-15(10-23-17(22)14-7-8-16(21)19-18-14)13-6-5-11-3-1-2-4-12(11)9-13/h5-6,9H,1-4,7-8,10H2,(H,19,21). The number of hydrazone groups is 1. The molecule has 0 unspecified atom stereocenters. The second-order valence-electron chi connectivity index (χ2n) is 5.78. The summed E-state index contributed by atoms with van der Waals surface area (Å²) in [4.78, 5) is 35.0. The monoisotopic (exact) mass is 314 g/mol. The summed E-state index contributed by atoms with van der Waals surface area (Å²) >= 11 is 0. The maximum absolute atomic E-state index is 12.2. The van der Waals surface area contributed by atoms with E-state index in [1.807, 2.05) is 12.1 Å². The van der Waals surface area contributed by atoms with Gasteiger partial charge in [-0.25, -0.2) is 10.2 Å². The summed E-state index contributed by atoms with van der Waals surface area (Å²) in [5.74, 6) is -1.12. The zero-order valence-corrected chi connectivity index (χ0v) is 12.8. The van der Waals surface area contributed by atoms with E-state index in [0.717, 1.165) is 19.3 Å². The maximum Gasteiger partial charge on any atom is 0.354 e. The van der Waals surface area contributed by atoms with Gasteiger partial charge in [-0.15, -0.1) is 0 Å². The lowest BCUT2D eigenvalue weighted by Gasteiger charge is -2.16. The summed E-state index contributed by atoms with van der Waals surface area (Å²) in [6.45, 7) is -0.315. The van der Waals surface area contributed by atoms with Crippen LogP contribution in [0.25, 0.3) is 0 Å². The third-order valence-corrected chi connectivity index (χ3v) is 4.14. The zero-order chi connectivity index (χ0) is 16.2. The Balaban J connectivity index is 1.59. The molecule has 23 heavy (non-hydrogen) atoms. The number of esters is 1. The molecule has 1 heterocycles. The Kier molecular flexibility index (Phi) is 4.50. The van der Waals surface area contributed by atoms with E-state index in [9.17, 15) is 14.4 Å². The van der Waals surface area contributed by atoms with Gasteiger partial charge < -0.3 is 4.74 Å². The lowest BCUT2D eigenvalue weighted by atomic mass is 9.90. The Morgan fingerprint density at radius 3 is 2.61 bits per heavy atom. The number of hydrogen-bond acceptors (Lipinski definition) is 5. The van der Waals surface area contributed by atoms with Gasteiger partial charge in [0, 0.05) is 18.4 Å². The number of ether oxygens (including phenoxy) is 1. The van der Waals surface area contributed by atoms with E-state index in [1.54, 1.807) is 6.07 Å². The van der Waals surface area contributed by atoms with Crippen LogP contribution in [0.2, 0.25) is 0 Å². The molecular weight excluding hydrogens is 296 g/mol. The summed E-state index contributed by atoms with van der Waals surface area (Å²) in [6.07, 6.45) is 4.82. The summed E-state index contributed by atoms with van der Waals surface area (Å²) < 4.78 is 5.01. The van der Waals surface area contributed by atoms with Gasteiger partial charge >= 0.3 is 5.97 Å². The normalized spacial score (nSPS) is 16.9. The molecule has 0 aromatic heterocycles. The van der Waals surface area contributed by atoms with Crippen molar-refractivity contribution in [3.8, 4) is 0 Å². The number of ketones is 1. The molecule has 2 aliphatic rings. The van der Waals surface area contributed by atoms with Gasteiger partial charge in [0.15, 0.2) is 12.4 Å². The molecule has 0 atom stereocenters. The molecule has 1 aromatic carbocycles.